The van der Waals surface area contributed by atoms with Crippen molar-refractivity contribution in [3.8, 4) is 11.1 Å². The number of hydrogen-bond acceptors (Lipinski definition) is 1. The summed E-state index contributed by atoms with van der Waals surface area (Å²) in [5.41, 5.74) is 3.51. The fraction of sp³-hybridized carbons (Fsp3) is 0.105. The lowest BCUT2D eigenvalue weighted by molar-refractivity contribution is -0.119. The Balaban J connectivity index is 2.20. The second kappa shape index (κ2) is 5.80. The third-order valence-electron chi connectivity index (χ3n) is 3.61. The molecular formula is C19H17NO. The van der Waals surface area contributed by atoms with E-state index in [1.807, 2.05) is 24.3 Å². The second-order valence-electron chi connectivity index (χ2n) is 5.10. The molecule has 3 rings (SSSR count). The first-order chi connectivity index (χ1) is 10.3. The van der Waals surface area contributed by atoms with Crippen molar-refractivity contribution in [2.24, 2.45) is 0 Å². The lowest BCUT2D eigenvalue weighted by Crippen LogP contribution is -2.19. The smallest absolute Gasteiger partial charge is 0.217 e. The van der Waals surface area contributed by atoms with E-state index in [4.69, 9.17) is 0 Å². The van der Waals surface area contributed by atoms with Gasteiger partial charge >= 0.3 is 0 Å². The van der Waals surface area contributed by atoms with Crippen LogP contribution in [0.4, 0.5) is 0 Å². The molecule has 0 heterocycles. The molecule has 0 aliphatic rings. The van der Waals surface area contributed by atoms with Gasteiger partial charge in [0.15, 0.2) is 0 Å². The molecule has 1 amide bonds. The largest absolute Gasteiger partial charge is 0.352 e. The van der Waals surface area contributed by atoms with Crippen molar-refractivity contribution < 1.29 is 4.79 Å². The topological polar surface area (TPSA) is 29.1 Å². The lowest BCUT2D eigenvalue weighted by atomic mass is 9.93. The number of carbonyl (C=O) groups is 1. The highest BCUT2D eigenvalue weighted by atomic mass is 16.1. The number of amides is 1. The predicted molar refractivity (Wildman–Crippen MR) is 86.9 cm³/mol. The summed E-state index contributed by atoms with van der Waals surface area (Å²) in [5.74, 6) is -0.0119. The maximum absolute atomic E-state index is 11.2. The molecule has 0 fully saturated rings. The first-order valence-corrected chi connectivity index (χ1v) is 7.06. The third-order valence-corrected chi connectivity index (χ3v) is 3.61. The van der Waals surface area contributed by atoms with Crippen molar-refractivity contribution in [2.75, 3.05) is 0 Å². The number of rotatable bonds is 3. The molecule has 0 atom stereocenters. The molecule has 3 aromatic carbocycles. The van der Waals surface area contributed by atoms with Gasteiger partial charge in [-0.3, -0.25) is 4.79 Å². The first kappa shape index (κ1) is 13.4. The summed E-state index contributed by atoms with van der Waals surface area (Å²) in [6.07, 6.45) is 0. The van der Waals surface area contributed by atoms with Crippen LogP contribution >= 0.6 is 0 Å². The number of fused-ring (bicyclic) bond motifs is 1. The van der Waals surface area contributed by atoms with Crippen molar-refractivity contribution in [1.29, 1.82) is 0 Å². The molecule has 0 aliphatic carbocycles. The van der Waals surface area contributed by atoms with Crippen LogP contribution < -0.4 is 5.32 Å². The van der Waals surface area contributed by atoms with Gasteiger partial charge in [-0.05, 0) is 27.5 Å². The van der Waals surface area contributed by atoms with E-state index in [0.29, 0.717) is 6.54 Å². The minimum Gasteiger partial charge on any atom is -0.352 e. The van der Waals surface area contributed by atoms with Crippen LogP contribution in [0.5, 0.6) is 0 Å². The quantitative estimate of drug-likeness (QED) is 0.764. The van der Waals surface area contributed by atoms with Gasteiger partial charge in [0.2, 0.25) is 5.91 Å². The molecule has 0 aromatic heterocycles. The Morgan fingerprint density at radius 1 is 0.905 bits per heavy atom. The zero-order valence-corrected chi connectivity index (χ0v) is 12.0. The molecule has 104 valence electrons. The minimum absolute atomic E-state index is 0.0119. The van der Waals surface area contributed by atoms with E-state index < -0.39 is 0 Å². The third kappa shape index (κ3) is 2.79. The van der Waals surface area contributed by atoms with Crippen molar-refractivity contribution in [3.05, 3.63) is 72.3 Å². The van der Waals surface area contributed by atoms with E-state index in [1.165, 1.54) is 21.9 Å². The summed E-state index contributed by atoms with van der Waals surface area (Å²) >= 11 is 0. The molecule has 0 aliphatic heterocycles. The van der Waals surface area contributed by atoms with Gasteiger partial charge in [0.05, 0.1) is 0 Å². The van der Waals surface area contributed by atoms with Crippen molar-refractivity contribution in [3.63, 3.8) is 0 Å². The Hall–Kier alpha value is -2.61. The van der Waals surface area contributed by atoms with Crippen LogP contribution in [0, 0.1) is 0 Å². The highest BCUT2D eigenvalue weighted by Crippen LogP contribution is 2.32. The Morgan fingerprint density at radius 3 is 2.38 bits per heavy atom. The Kier molecular flexibility index (Phi) is 3.69. The maximum Gasteiger partial charge on any atom is 0.217 e. The zero-order valence-electron chi connectivity index (χ0n) is 12.0. The van der Waals surface area contributed by atoms with E-state index in [-0.39, 0.29) is 5.91 Å². The van der Waals surface area contributed by atoms with Gasteiger partial charge in [0.1, 0.15) is 0 Å². The Bertz CT molecular complexity index is 778. The highest BCUT2D eigenvalue weighted by Gasteiger charge is 2.09. The van der Waals surface area contributed by atoms with Crippen LogP contribution in [0.1, 0.15) is 12.5 Å². The standard InChI is InChI=1S/C19H17NO/c1-14(21)20-13-17-12-11-15-7-5-6-10-18(15)19(17)16-8-3-2-4-9-16/h2-12H,13H2,1H3,(H,20,21). The molecular weight excluding hydrogens is 258 g/mol. The van der Waals surface area contributed by atoms with E-state index in [9.17, 15) is 4.79 Å². The summed E-state index contributed by atoms with van der Waals surface area (Å²) in [5, 5.41) is 5.32. The molecule has 1 N–H and O–H groups in total. The van der Waals surface area contributed by atoms with Gasteiger partial charge in [-0.15, -0.1) is 0 Å². The molecule has 0 saturated carbocycles. The molecule has 0 bridgehead atoms. The van der Waals surface area contributed by atoms with E-state index >= 15 is 0 Å². The molecule has 21 heavy (non-hydrogen) atoms. The molecule has 0 spiro atoms. The van der Waals surface area contributed by atoms with E-state index in [0.717, 1.165) is 5.56 Å². The minimum atomic E-state index is -0.0119. The summed E-state index contributed by atoms with van der Waals surface area (Å²) in [6.45, 7) is 2.09. The van der Waals surface area contributed by atoms with Crippen molar-refractivity contribution in [1.82, 2.24) is 5.32 Å². The van der Waals surface area contributed by atoms with Gasteiger partial charge in [0, 0.05) is 13.5 Å². The molecule has 0 saturated heterocycles. The van der Waals surface area contributed by atoms with Crippen LogP contribution in [0.25, 0.3) is 21.9 Å². The Morgan fingerprint density at radius 2 is 1.62 bits per heavy atom. The van der Waals surface area contributed by atoms with Crippen LogP contribution in [-0.4, -0.2) is 5.91 Å². The zero-order chi connectivity index (χ0) is 14.7. The number of nitrogens with one attached hydrogen (secondary N) is 1. The van der Waals surface area contributed by atoms with Crippen molar-refractivity contribution in [2.45, 2.75) is 13.5 Å². The van der Waals surface area contributed by atoms with Gasteiger partial charge in [-0.25, -0.2) is 0 Å². The molecule has 2 nitrogen and oxygen atoms in total. The highest BCUT2D eigenvalue weighted by molar-refractivity contribution is 5.98. The van der Waals surface area contributed by atoms with Crippen LogP contribution in [0.15, 0.2) is 66.7 Å². The Labute approximate surface area is 124 Å². The van der Waals surface area contributed by atoms with Crippen LogP contribution in [0.3, 0.4) is 0 Å². The summed E-state index contributed by atoms with van der Waals surface area (Å²) in [4.78, 5) is 11.2. The molecule has 0 unspecified atom stereocenters. The molecule has 0 radical (unpaired) electrons. The fourth-order valence-electron chi connectivity index (χ4n) is 2.63. The van der Waals surface area contributed by atoms with Gasteiger partial charge < -0.3 is 5.32 Å². The van der Waals surface area contributed by atoms with E-state index in [1.54, 1.807) is 6.92 Å². The SMILES string of the molecule is CC(=O)NCc1ccc2ccccc2c1-c1ccccc1. The summed E-state index contributed by atoms with van der Waals surface area (Å²) < 4.78 is 0. The predicted octanol–water partition coefficient (Wildman–Crippen LogP) is 4.14. The van der Waals surface area contributed by atoms with Crippen LogP contribution in [0.2, 0.25) is 0 Å². The molecule has 3 aromatic rings. The number of carbonyl (C=O) groups excluding carboxylic acids is 1. The van der Waals surface area contributed by atoms with Crippen LogP contribution in [-0.2, 0) is 11.3 Å². The van der Waals surface area contributed by atoms with Gasteiger partial charge in [0.25, 0.3) is 0 Å². The summed E-state index contributed by atoms with van der Waals surface area (Å²) in [6, 6.07) is 22.9. The van der Waals surface area contributed by atoms with Gasteiger partial charge in [-0.2, -0.15) is 0 Å². The number of hydrogen-bond donors (Lipinski definition) is 1. The maximum atomic E-state index is 11.2. The van der Waals surface area contributed by atoms with Gasteiger partial charge in [-0.1, -0.05) is 66.7 Å². The number of benzene rings is 3. The average Bonchev–Trinajstić information content (AvgIpc) is 2.53. The lowest BCUT2D eigenvalue weighted by Gasteiger charge is -2.14. The van der Waals surface area contributed by atoms with E-state index in [2.05, 4.69) is 47.8 Å². The summed E-state index contributed by atoms with van der Waals surface area (Å²) in [7, 11) is 0. The fourth-order valence-corrected chi connectivity index (χ4v) is 2.63. The second-order valence-corrected chi connectivity index (χ2v) is 5.10. The average molecular weight is 275 g/mol. The first-order valence-electron chi connectivity index (χ1n) is 7.06. The monoisotopic (exact) mass is 275 g/mol. The van der Waals surface area contributed by atoms with Crippen molar-refractivity contribution >= 4 is 16.7 Å². The molecule has 2 heteroatoms. The normalized spacial score (nSPS) is 10.5.